The Balaban J connectivity index is 0.00000196. The fraction of sp³-hybridized carbons (Fsp3) is 0.167. The fourth-order valence-corrected chi connectivity index (χ4v) is 0.977. The van der Waals surface area contributed by atoms with Crippen molar-refractivity contribution in [1.82, 2.24) is 4.98 Å². The molecule has 1 aromatic heterocycles. The zero-order valence-electron chi connectivity index (χ0n) is 7.45. The van der Waals surface area contributed by atoms with Crippen LogP contribution in [-0.2, 0) is 11.1 Å². The molecule has 4 nitrogen and oxygen atoms in total. The molecule has 0 fully saturated rings. The fourth-order valence-electron chi connectivity index (χ4n) is 0.659. The number of alkyl halides is 3. The molecule has 0 aliphatic rings. The number of hydrogen-bond acceptors (Lipinski definition) is 4. The van der Waals surface area contributed by atoms with Gasteiger partial charge in [-0.05, 0) is 23.2 Å². The van der Waals surface area contributed by atoms with E-state index >= 15 is 0 Å². The molecule has 0 aliphatic carbocycles. The van der Waals surface area contributed by atoms with Crippen LogP contribution in [0.5, 0.6) is 5.75 Å². The standard InChI is InChI=1S/C6H4F3NO3S.Li/c7-6(8,9)13-4-1-2-5(10-3-4)14(11)12;/h1-3H,(H,11,12);/q;+1/p-1. The first-order valence-electron chi connectivity index (χ1n) is 3.19. The molecule has 0 saturated carbocycles. The summed E-state index contributed by atoms with van der Waals surface area (Å²) in [5, 5.41) is -0.348. The minimum atomic E-state index is -4.81. The van der Waals surface area contributed by atoms with Crippen molar-refractivity contribution < 1.29 is 45.5 Å². The summed E-state index contributed by atoms with van der Waals surface area (Å²) in [5.41, 5.74) is 0. The van der Waals surface area contributed by atoms with E-state index in [-0.39, 0.29) is 23.9 Å². The first kappa shape index (κ1) is 14.4. The summed E-state index contributed by atoms with van der Waals surface area (Å²) in [7, 11) is 0. The van der Waals surface area contributed by atoms with Crippen molar-refractivity contribution in [2.75, 3.05) is 0 Å². The zero-order chi connectivity index (χ0) is 10.8. The van der Waals surface area contributed by atoms with E-state index in [1.54, 1.807) is 0 Å². The molecule has 1 unspecified atom stereocenters. The van der Waals surface area contributed by atoms with Crippen LogP contribution in [0.1, 0.15) is 0 Å². The number of ether oxygens (including phenoxy) is 1. The summed E-state index contributed by atoms with van der Waals surface area (Å²) in [6.45, 7) is 0. The first-order chi connectivity index (χ1) is 6.38. The maximum absolute atomic E-state index is 11.6. The molecule has 1 rings (SSSR count). The predicted octanol–water partition coefficient (Wildman–Crippen LogP) is -1.78. The molecule has 1 atom stereocenters. The molecule has 1 aromatic rings. The van der Waals surface area contributed by atoms with Crippen molar-refractivity contribution in [2.24, 2.45) is 0 Å². The Morgan fingerprint density at radius 3 is 2.33 bits per heavy atom. The van der Waals surface area contributed by atoms with Crippen molar-refractivity contribution in [3.8, 4) is 5.75 Å². The average Bonchev–Trinajstić information content (AvgIpc) is 2.02. The smallest absolute Gasteiger partial charge is 0.767 e. The van der Waals surface area contributed by atoms with Crippen LogP contribution < -0.4 is 23.6 Å². The Morgan fingerprint density at radius 1 is 1.40 bits per heavy atom. The second kappa shape index (κ2) is 5.51. The van der Waals surface area contributed by atoms with Crippen LogP contribution in [0.25, 0.3) is 0 Å². The van der Waals surface area contributed by atoms with Crippen LogP contribution in [0.15, 0.2) is 23.4 Å². The van der Waals surface area contributed by atoms with Gasteiger partial charge in [0, 0.05) is 0 Å². The predicted molar refractivity (Wildman–Crippen MR) is 38.1 cm³/mol. The Labute approximate surface area is 97.3 Å². The quantitative estimate of drug-likeness (QED) is 0.447. The van der Waals surface area contributed by atoms with E-state index in [0.717, 1.165) is 12.1 Å². The van der Waals surface area contributed by atoms with E-state index < -0.39 is 23.2 Å². The molecule has 0 radical (unpaired) electrons. The molecule has 0 aromatic carbocycles. The topological polar surface area (TPSA) is 62.2 Å². The third-order valence-electron chi connectivity index (χ3n) is 1.11. The molecule has 0 amide bonds. The van der Waals surface area contributed by atoms with E-state index in [1.807, 2.05) is 0 Å². The number of aromatic nitrogens is 1. The Kier molecular flexibility index (Phi) is 5.31. The SMILES string of the molecule is O=S([O-])c1ccc(OC(F)(F)F)cn1.[Li+]. The van der Waals surface area contributed by atoms with Gasteiger partial charge < -0.3 is 9.29 Å². The van der Waals surface area contributed by atoms with Crippen molar-refractivity contribution in [3.05, 3.63) is 18.3 Å². The average molecular weight is 233 g/mol. The number of pyridine rings is 1. The van der Waals surface area contributed by atoms with E-state index in [4.69, 9.17) is 0 Å². The summed E-state index contributed by atoms with van der Waals surface area (Å²) in [4.78, 5) is 3.22. The maximum atomic E-state index is 11.6. The third-order valence-corrected chi connectivity index (χ3v) is 1.70. The minimum absolute atomic E-state index is 0. The van der Waals surface area contributed by atoms with Crippen LogP contribution in [0.3, 0.4) is 0 Å². The van der Waals surface area contributed by atoms with Crippen molar-refractivity contribution in [2.45, 2.75) is 11.4 Å². The van der Waals surface area contributed by atoms with E-state index in [1.165, 1.54) is 0 Å². The Morgan fingerprint density at radius 2 is 2.00 bits per heavy atom. The number of halogens is 3. The Bertz CT molecular complexity index is 342. The summed E-state index contributed by atoms with van der Waals surface area (Å²) in [6.07, 6.45) is -4.13. The molecule has 1 heterocycles. The van der Waals surface area contributed by atoms with Gasteiger partial charge in [-0.3, -0.25) is 4.21 Å². The van der Waals surface area contributed by atoms with Crippen LogP contribution in [0, 0.1) is 0 Å². The third kappa shape index (κ3) is 5.18. The second-order valence-electron chi connectivity index (χ2n) is 2.11. The maximum Gasteiger partial charge on any atom is 1.00 e. The molecule has 15 heavy (non-hydrogen) atoms. The molecule has 0 bridgehead atoms. The van der Waals surface area contributed by atoms with Gasteiger partial charge in [0.15, 0.2) is 0 Å². The van der Waals surface area contributed by atoms with Gasteiger partial charge in [-0.15, -0.1) is 13.2 Å². The number of nitrogens with zero attached hydrogens (tertiary/aromatic N) is 1. The molecule has 0 N–H and O–H groups in total. The van der Waals surface area contributed by atoms with Gasteiger partial charge in [0.05, 0.1) is 6.20 Å². The summed E-state index contributed by atoms with van der Waals surface area (Å²) in [5.74, 6) is -0.563. The van der Waals surface area contributed by atoms with Gasteiger partial charge in [-0.1, -0.05) is 0 Å². The van der Waals surface area contributed by atoms with Crippen LogP contribution in [0.2, 0.25) is 0 Å². The molecule has 78 valence electrons. The largest absolute Gasteiger partial charge is 1.00 e. The summed E-state index contributed by atoms with van der Waals surface area (Å²) in [6, 6.07) is 1.77. The molecule has 0 saturated heterocycles. The Hall–Kier alpha value is -0.553. The minimum Gasteiger partial charge on any atom is -0.767 e. The van der Waals surface area contributed by atoms with Gasteiger partial charge >= 0.3 is 25.2 Å². The number of hydrogen-bond donors (Lipinski definition) is 0. The van der Waals surface area contributed by atoms with Gasteiger partial charge in [-0.2, -0.15) is 0 Å². The van der Waals surface area contributed by atoms with Crippen LogP contribution in [-0.4, -0.2) is 20.1 Å². The van der Waals surface area contributed by atoms with Gasteiger partial charge in [0.25, 0.3) is 0 Å². The van der Waals surface area contributed by atoms with E-state index in [2.05, 4.69) is 9.72 Å². The van der Waals surface area contributed by atoms with Crippen molar-refractivity contribution in [3.63, 3.8) is 0 Å². The molecule has 0 aliphatic heterocycles. The van der Waals surface area contributed by atoms with Crippen molar-refractivity contribution >= 4 is 11.1 Å². The van der Waals surface area contributed by atoms with Gasteiger partial charge in [0.2, 0.25) is 0 Å². The second-order valence-corrected chi connectivity index (χ2v) is 3.00. The monoisotopic (exact) mass is 233 g/mol. The summed E-state index contributed by atoms with van der Waals surface area (Å²) >= 11 is -2.56. The van der Waals surface area contributed by atoms with E-state index in [9.17, 15) is 21.9 Å². The molecular weight excluding hydrogens is 230 g/mol. The van der Waals surface area contributed by atoms with Gasteiger partial charge in [-0.25, -0.2) is 4.98 Å². The van der Waals surface area contributed by atoms with Gasteiger partial charge in [0.1, 0.15) is 10.8 Å². The van der Waals surface area contributed by atoms with Crippen LogP contribution in [0.4, 0.5) is 13.2 Å². The normalized spacial score (nSPS) is 12.8. The summed E-state index contributed by atoms with van der Waals surface area (Å²) < 4.78 is 58.9. The molecular formula is C6H3F3LiNO3S. The van der Waals surface area contributed by atoms with Crippen molar-refractivity contribution in [1.29, 1.82) is 0 Å². The van der Waals surface area contributed by atoms with Crippen LogP contribution >= 0.6 is 0 Å². The molecule has 0 spiro atoms. The molecule has 9 heteroatoms. The number of rotatable bonds is 2. The first-order valence-corrected chi connectivity index (χ1v) is 4.27. The zero-order valence-corrected chi connectivity index (χ0v) is 8.26. The van der Waals surface area contributed by atoms with E-state index in [0.29, 0.717) is 6.20 Å².